The van der Waals surface area contributed by atoms with Gasteiger partial charge in [0.2, 0.25) is 0 Å². The van der Waals surface area contributed by atoms with Crippen molar-refractivity contribution in [1.82, 2.24) is 15.5 Å². The van der Waals surface area contributed by atoms with Crippen LogP contribution in [-0.4, -0.2) is 41.7 Å². The third-order valence-electron chi connectivity index (χ3n) is 4.84. The van der Waals surface area contributed by atoms with Gasteiger partial charge in [-0.15, -0.1) is 0 Å². The molecule has 25 heavy (non-hydrogen) atoms. The topological polar surface area (TPSA) is 87.3 Å². The van der Waals surface area contributed by atoms with Crippen LogP contribution in [0.5, 0.6) is 5.75 Å². The molecule has 1 aromatic carbocycles. The number of aromatic amines is 1. The van der Waals surface area contributed by atoms with E-state index >= 15 is 0 Å². The molecule has 2 heterocycles. The molecule has 1 aromatic heterocycles. The SMILES string of the molecule is CN1C(=O)C(NC(=O)c2n[nH]c3c2CCCC3)COc2ccccc21. The first-order valence-electron chi connectivity index (χ1n) is 8.51. The number of H-pyrrole nitrogens is 1. The van der Waals surface area contributed by atoms with E-state index in [0.29, 0.717) is 17.1 Å². The average molecular weight is 340 g/mol. The number of hydrogen-bond donors (Lipinski definition) is 2. The standard InChI is InChI=1S/C18H20N4O3/c1-22-14-8-4-5-9-15(14)25-10-13(18(22)24)19-17(23)16-11-6-2-3-7-12(11)20-21-16/h4-5,8-9,13H,2-3,6-7,10H2,1H3,(H,19,23)(H,20,21). The number of benzene rings is 1. The minimum absolute atomic E-state index is 0.0958. The Bertz CT molecular complexity index is 829. The highest BCUT2D eigenvalue weighted by atomic mass is 16.5. The molecular formula is C18H20N4O3. The summed E-state index contributed by atoms with van der Waals surface area (Å²) in [5.41, 5.74) is 3.10. The second-order valence-electron chi connectivity index (χ2n) is 6.44. The second kappa shape index (κ2) is 6.23. The Balaban J connectivity index is 1.54. The number of amides is 2. The summed E-state index contributed by atoms with van der Waals surface area (Å²) < 4.78 is 5.73. The van der Waals surface area contributed by atoms with Crippen molar-refractivity contribution in [3.05, 3.63) is 41.2 Å². The molecule has 1 aliphatic heterocycles. The molecule has 0 saturated heterocycles. The quantitative estimate of drug-likeness (QED) is 0.866. The largest absolute Gasteiger partial charge is 0.489 e. The molecule has 0 bridgehead atoms. The molecule has 1 aliphatic carbocycles. The van der Waals surface area contributed by atoms with Crippen molar-refractivity contribution in [3.63, 3.8) is 0 Å². The number of aryl methyl sites for hydroxylation is 1. The number of carbonyl (C=O) groups is 2. The fourth-order valence-corrected chi connectivity index (χ4v) is 3.45. The number of anilines is 1. The zero-order chi connectivity index (χ0) is 17.4. The summed E-state index contributed by atoms with van der Waals surface area (Å²) in [5.74, 6) is 0.0932. The zero-order valence-corrected chi connectivity index (χ0v) is 14.0. The van der Waals surface area contributed by atoms with E-state index in [1.54, 1.807) is 7.05 Å². The summed E-state index contributed by atoms with van der Waals surface area (Å²) in [5, 5.41) is 9.91. The second-order valence-corrected chi connectivity index (χ2v) is 6.44. The van der Waals surface area contributed by atoms with Crippen LogP contribution in [0.2, 0.25) is 0 Å². The van der Waals surface area contributed by atoms with E-state index in [1.165, 1.54) is 4.90 Å². The highest BCUT2D eigenvalue weighted by Gasteiger charge is 2.32. The third kappa shape index (κ3) is 2.75. The number of nitrogens with one attached hydrogen (secondary N) is 2. The number of para-hydroxylation sites is 2. The van der Waals surface area contributed by atoms with Crippen LogP contribution in [-0.2, 0) is 17.6 Å². The van der Waals surface area contributed by atoms with Gasteiger partial charge in [-0.05, 0) is 37.8 Å². The van der Waals surface area contributed by atoms with Crippen LogP contribution in [0.4, 0.5) is 5.69 Å². The Morgan fingerprint density at radius 3 is 3.00 bits per heavy atom. The third-order valence-corrected chi connectivity index (χ3v) is 4.84. The van der Waals surface area contributed by atoms with Crippen LogP contribution >= 0.6 is 0 Å². The van der Waals surface area contributed by atoms with E-state index in [1.807, 2.05) is 24.3 Å². The molecule has 2 amide bonds. The van der Waals surface area contributed by atoms with Gasteiger partial charge in [-0.25, -0.2) is 0 Å². The van der Waals surface area contributed by atoms with Gasteiger partial charge in [0.15, 0.2) is 5.69 Å². The van der Waals surface area contributed by atoms with Crippen LogP contribution in [0, 0.1) is 0 Å². The molecule has 2 aliphatic rings. The van der Waals surface area contributed by atoms with Crippen LogP contribution in [0.25, 0.3) is 0 Å². The van der Waals surface area contributed by atoms with E-state index in [0.717, 1.165) is 36.9 Å². The summed E-state index contributed by atoms with van der Waals surface area (Å²) in [7, 11) is 1.69. The predicted molar refractivity (Wildman–Crippen MR) is 91.8 cm³/mol. The van der Waals surface area contributed by atoms with Crippen LogP contribution in [0.1, 0.15) is 34.6 Å². The summed E-state index contributed by atoms with van der Waals surface area (Å²) in [6.07, 6.45) is 3.92. The van der Waals surface area contributed by atoms with E-state index in [2.05, 4.69) is 15.5 Å². The maximum absolute atomic E-state index is 12.7. The van der Waals surface area contributed by atoms with Crippen LogP contribution in [0.15, 0.2) is 24.3 Å². The van der Waals surface area contributed by atoms with Gasteiger partial charge in [0, 0.05) is 18.3 Å². The summed E-state index contributed by atoms with van der Waals surface area (Å²) in [4.78, 5) is 26.9. The molecule has 130 valence electrons. The van der Waals surface area contributed by atoms with Crippen molar-refractivity contribution in [3.8, 4) is 5.75 Å². The summed E-state index contributed by atoms with van der Waals surface area (Å²) in [6.45, 7) is 0.0958. The lowest BCUT2D eigenvalue weighted by molar-refractivity contribution is -0.120. The first kappa shape index (κ1) is 15.7. The Morgan fingerprint density at radius 1 is 1.32 bits per heavy atom. The smallest absolute Gasteiger partial charge is 0.272 e. The fraction of sp³-hybridized carbons (Fsp3) is 0.389. The molecule has 2 N–H and O–H groups in total. The van der Waals surface area contributed by atoms with Gasteiger partial charge in [0.25, 0.3) is 11.8 Å². The zero-order valence-electron chi connectivity index (χ0n) is 14.0. The Labute approximate surface area is 145 Å². The van der Waals surface area contributed by atoms with Crippen molar-refractivity contribution in [2.24, 2.45) is 0 Å². The first-order valence-corrected chi connectivity index (χ1v) is 8.51. The van der Waals surface area contributed by atoms with Crippen LogP contribution in [0.3, 0.4) is 0 Å². The Kier molecular flexibility index (Phi) is 3.91. The molecule has 4 rings (SSSR count). The molecule has 0 spiro atoms. The molecule has 2 aromatic rings. The number of ether oxygens (including phenoxy) is 1. The van der Waals surface area contributed by atoms with Crippen LogP contribution < -0.4 is 15.0 Å². The molecule has 0 radical (unpaired) electrons. The van der Waals surface area contributed by atoms with Crippen molar-refractivity contribution in [2.45, 2.75) is 31.7 Å². The minimum atomic E-state index is -0.749. The highest BCUT2D eigenvalue weighted by molar-refractivity contribution is 6.03. The molecule has 7 nitrogen and oxygen atoms in total. The van der Waals surface area contributed by atoms with Crippen molar-refractivity contribution < 1.29 is 14.3 Å². The number of carbonyl (C=O) groups excluding carboxylic acids is 2. The van der Waals surface area contributed by atoms with Gasteiger partial charge in [-0.3, -0.25) is 14.7 Å². The predicted octanol–water partition coefficient (Wildman–Crippen LogP) is 1.44. The average Bonchev–Trinajstić information content (AvgIpc) is 3.03. The number of aromatic nitrogens is 2. The van der Waals surface area contributed by atoms with Gasteiger partial charge in [-0.2, -0.15) is 5.10 Å². The lowest BCUT2D eigenvalue weighted by Gasteiger charge is -2.20. The first-order chi connectivity index (χ1) is 12.1. The summed E-state index contributed by atoms with van der Waals surface area (Å²) >= 11 is 0. The van der Waals surface area contributed by atoms with Gasteiger partial charge in [0.05, 0.1) is 5.69 Å². The lowest BCUT2D eigenvalue weighted by Crippen LogP contribution is -2.49. The number of rotatable bonds is 2. The molecule has 7 heteroatoms. The van der Waals surface area contributed by atoms with E-state index in [-0.39, 0.29) is 18.4 Å². The van der Waals surface area contributed by atoms with E-state index < -0.39 is 6.04 Å². The maximum Gasteiger partial charge on any atom is 0.272 e. The van der Waals surface area contributed by atoms with Crippen molar-refractivity contribution >= 4 is 17.5 Å². The van der Waals surface area contributed by atoms with Crippen molar-refractivity contribution in [1.29, 1.82) is 0 Å². The maximum atomic E-state index is 12.7. The van der Waals surface area contributed by atoms with Crippen molar-refractivity contribution in [2.75, 3.05) is 18.6 Å². The molecule has 1 unspecified atom stereocenters. The minimum Gasteiger partial charge on any atom is -0.489 e. The number of nitrogens with zero attached hydrogens (tertiary/aromatic N) is 2. The Hall–Kier alpha value is -2.83. The molecule has 1 atom stereocenters. The van der Waals surface area contributed by atoms with E-state index in [9.17, 15) is 9.59 Å². The number of likely N-dealkylation sites (N-methyl/N-ethyl adjacent to an activating group) is 1. The molecular weight excluding hydrogens is 320 g/mol. The van der Waals surface area contributed by atoms with Gasteiger partial charge in [0.1, 0.15) is 18.4 Å². The molecule has 0 fully saturated rings. The molecule has 0 saturated carbocycles. The highest BCUT2D eigenvalue weighted by Crippen LogP contribution is 2.30. The van der Waals surface area contributed by atoms with Gasteiger partial charge >= 0.3 is 0 Å². The number of hydrogen-bond acceptors (Lipinski definition) is 4. The summed E-state index contributed by atoms with van der Waals surface area (Å²) in [6, 6.07) is 6.59. The monoisotopic (exact) mass is 340 g/mol. The number of fused-ring (bicyclic) bond motifs is 2. The van der Waals surface area contributed by atoms with Gasteiger partial charge < -0.3 is 15.0 Å². The fourth-order valence-electron chi connectivity index (χ4n) is 3.45. The lowest BCUT2D eigenvalue weighted by atomic mass is 9.95. The normalized spacial score (nSPS) is 19.5. The Morgan fingerprint density at radius 2 is 2.12 bits per heavy atom. The van der Waals surface area contributed by atoms with Gasteiger partial charge in [-0.1, -0.05) is 12.1 Å². The van der Waals surface area contributed by atoms with E-state index in [4.69, 9.17) is 4.74 Å².